The molecule has 0 aromatic heterocycles. The molecule has 1 aliphatic heterocycles. The molecule has 3 rings (SSSR count). The van der Waals surface area contributed by atoms with Crippen molar-refractivity contribution in [3.63, 3.8) is 0 Å². The number of hydrogen-bond acceptors (Lipinski definition) is 4. The molecule has 1 heterocycles. The standard InChI is InChI=1S/C18H19NO4/c1-11-6-12(2)13(3)16(7-11)21-9-18(20)19-14-4-5-15-17(8-14)23-10-22-15/h4-8H,9-10H2,1-3H3,(H,19,20). The summed E-state index contributed by atoms with van der Waals surface area (Å²) in [4.78, 5) is 12.1. The first-order valence-electron chi connectivity index (χ1n) is 7.43. The first kappa shape index (κ1) is 15.2. The lowest BCUT2D eigenvalue weighted by molar-refractivity contribution is -0.118. The van der Waals surface area contributed by atoms with E-state index in [1.165, 1.54) is 0 Å². The largest absolute Gasteiger partial charge is 0.483 e. The summed E-state index contributed by atoms with van der Waals surface area (Å²) >= 11 is 0. The van der Waals surface area contributed by atoms with Gasteiger partial charge in [0.25, 0.3) is 5.91 Å². The highest BCUT2D eigenvalue weighted by Gasteiger charge is 2.14. The molecule has 120 valence electrons. The van der Waals surface area contributed by atoms with Gasteiger partial charge in [-0.25, -0.2) is 0 Å². The Morgan fingerprint density at radius 2 is 1.91 bits per heavy atom. The number of benzene rings is 2. The van der Waals surface area contributed by atoms with E-state index >= 15 is 0 Å². The van der Waals surface area contributed by atoms with E-state index in [9.17, 15) is 4.79 Å². The van der Waals surface area contributed by atoms with Crippen molar-refractivity contribution in [2.75, 3.05) is 18.7 Å². The Bertz CT molecular complexity index is 755. The van der Waals surface area contributed by atoms with Crippen LogP contribution < -0.4 is 19.5 Å². The van der Waals surface area contributed by atoms with Crippen molar-refractivity contribution in [1.82, 2.24) is 0 Å². The normalized spacial score (nSPS) is 12.1. The lowest BCUT2D eigenvalue weighted by Crippen LogP contribution is -2.20. The third kappa shape index (κ3) is 3.39. The molecular weight excluding hydrogens is 294 g/mol. The maximum Gasteiger partial charge on any atom is 0.262 e. The lowest BCUT2D eigenvalue weighted by Gasteiger charge is -2.12. The molecule has 23 heavy (non-hydrogen) atoms. The fraction of sp³-hybridized carbons (Fsp3) is 0.278. The average Bonchev–Trinajstić information content (AvgIpc) is 2.97. The second kappa shape index (κ2) is 6.20. The number of nitrogens with one attached hydrogen (secondary N) is 1. The van der Waals surface area contributed by atoms with Crippen LogP contribution in [0.1, 0.15) is 16.7 Å². The van der Waals surface area contributed by atoms with E-state index in [1.807, 2.05) is 26.8 Å². The van der Waals surface area contributed by atoms with Gasteiger partial charge in [-0.2, -0.15) is 0 Å². The topological polar surface area (TPSA) is 56.8 Å². The number of carbonyl (C=O) groups is 1. The number of hydrogen-bond donors (Lipinski definition) is 1. The minimum Gasteiger partial charge on any atom is -0.483 e. The zero-order chi connectivity index (χ0) is 16.4. The van der Waals surface area contributed by atoms with Gasteiger partial charge in [-0.3, -0.25) is 4.79 Å². The summed E-state index contributed by atoms with van der Waals surface area (Å²) < 4.78 is 16.2. The molecule has 0 fully saturated rings. The smallest absolute Gasteiger partial charge is 0.262 e. The van der Waals surface area contributed by atoms with Crippen LogP contribution in [-0.2, 0) is 4.79 Å². The Hall–Kier alpha value is -2.69. The Kier molecular flexibility index (Phi) is 4.10. The summed E-state index contributed by atoms with van der Waals surface area (Å²) in [6.45, 7) is 6.19. The number of amides is 1. The summed E-state index contributed by atoms with van der Waals surface area (Å²) in [5.41, 5.74) is 3.96. The molecule has 2 aromatic carbocycles. The van der Waals surface area contributed by atoms with Crippen LogP contribution in [0.15, 0.2) is 30.3 Å². The third-order valence-corrected chi connectivity index (χ3v) is 3.78. The van der Waals surface area contributed by atoms with E-state index in [1.54, 1.807) is 18.2 Å². The fourth-order valence-electron chi connectivity index (χ4n) is 2.47. The highest BCUT2D eigenvalue weighted by Crippen LogP contribution is 2.34. The van der Waals surface area contributed by atoms with Crippen molar-refractivity contribution < 1.29 is 19.0 Å². The van der Waals surface area contributed by atoms with Gasteiger partial charge in [-0.1, -0.05) is 6.07 Å². The zero-order valence-electron chi connectivity index (χ0n) is 13.4. The van der Waals surface area contributed by atoms with Crippen LogP contribution in [0.3, 0.4) is 0 Å². The summed E-state index contributed by atoms with van der Waals surface area (Å²) in [7, 11) is 0. The quantitative estimate of drug-likeness (QED) is 0.940. The number of rotatable bonds is 4. The van der Waals surface area contributed by atoms with E-state index in [2.05, 4.69) is 11.4 Å². The van der Waals surface area contributed by atoms with Crippen LogP contribution >= 0.6 is 0 Å². The second-order valence-corrected chi connectivity index (χ2v) is 5.61. The predicted molar refractivity (Wildman–Crippen MR) is 87.3 cm³/mol. The van der Waals surface area contributed by atoms with Crippen molar-refractivity contribution in [3.8, 4) is 17.2 Å². The number of carbonyl (C=O) groups excluding carboxylic acids is 1. The molecule has 0 saturated carbocycles. The molecule has 1 N–H and O–H groups in total. The van der Waals surface area contributed by atoms with E-state index in [-0.39, 0.29) is 19.3 Å². The van der Waals surface area contributed by atoms with Crippen molar-refractivity contribution in [1.29, 1.82) is 0 Å². The molecule has 1 amide bonds. The third-order valence-electron chi connectivity index (χ3n) is 3.78. The summed E-state index contributed by atoms with van der Waals surface area (Å²) in [6.07, 6.45) is 0. The first-order valence-corrected chi connectivity index (χ1v) is 7.43. The molecule has 0 unspecified atom stereocenters. The summed E-state index contributed by atoms with van der Waals surface area (Å²) in [5.74, 6) is 1.84. The van der Waals surface area contributed by atoms with E-state index in [0.717, 1.165) is 22.4 Å². The number of anilines is 1. The molecule has 0 radical (unpaired) electrons. The molecule has 0 saturated heterocycles. The SMILES string of the molecule is Cc1cc(C)c(C)c(OCC(=O)Nc2ccc3c(c2)OCO3)c1. The van der Waals surface area contributed by atoms with Crippen molar-refractivity contribution in [2.24, 2.45) is 0 Å². The monoisotopic (exact) mass is 313 g/mol. The molecule has 0 aliphatic carbocycles. The van der Waals surface area contributed by atoms with Crippen molar-refractivity contribution in [2.45, 2.75) is 20.8 Å². The number of fused-ring (bicyclic) bond motifs is 1. The van der Waals surface area contributed by atoms with Gasteiger partial charge in [0.15, 0.2) is 18.1 Å². The molecule has 5 heteroatoms. The Morgan fingerprint density at radius 1 is 1.13 bits per heavy atom. The molecule has 5 nitrogen and oxygen atoms in total. The Morgan fingerprint density at radius 3 is 2.74 bits per heavy atom. The van der Waals surface area contributed by atoms with E-state index < -0.39 is 0 Å². The zero-order valence-corrected chi connectivity index (χ0v) is 13.4. The average molecular weight is 313 g/mol. The number of aryl methyl sites for hydroxylation is 2. The van der Waals surface area contributed by atoms with Crippen LogP contribution in [0.25, 0.3) is 0 Å². The lowest BCUT2D eigenvalue weighted by atomic mass is 10.1. The maximum absolute atomic E-state index is 12.1. The predicted octanol–water partition coefficient (Wildman–Crippen LogP) is 3.36. The Labute approximate surface area is 135 Å². The Balaban J connectivity index is 1.62. The van der Waals surface area contributed by atoms with E-state index in [0.29, 0.717) is 17.2 Å². The van der Waals surface area contributed by atoms with Gasteiger partial charge in [-0.15, -0.1) is 0 Å². The first-order chi connectivity index (χ1) is 11.0. The molecule has 2 aromatic rings. The van der Waals surface area contributed by atoms with Crippen LogP contribution in [-0.4, -0.2) is 19.3 Å². The highest BCUT2D eigenvalue weighted by molar-refractivity contribution is 5.92. The maximum atomic E-state index is 12.1. The van der Waals surface area contributed by atoms with Gasteiger partial charge in [-0.05, 0) is 55.7 Å². The van der Waals surface area contributed by atoms with Gasteiger partial charge in [0.05, 0.1) is 0 Å². The van der Waals surface area contributed by atoms with Crippen molar-refractivity contribution in [3.05, 3.63) is 47.0 Å². The van der Waals surface area contributed by atoms with E-state index in [4.69, 9.17) is 14.2 Å². The van der Waals surface area contributed by atoms with Gasteiger partial charge in [0.1, 0.15) is 5.75 Å². The van der Waals surface area contributed by atoms with Gasteiger partial charge in [0.2, 0.25) is 6.79 Å². The van der Waals surface area contributed by atoms with Crippen LogP contribution in [0.5, 0.6) is 17.2 Å². The highest BCUT2D eigenvalue weighted by atomic mass is 16.7. The molecular formula is C18H19NO4. The second-order valence-electron chi connectivity index (χ2n) is 5.61. The van der Waals surface area contributed by atoms with Crippen LogP contribution in [0, 0.1) is 20.8 Å². The van der Waals surface area contributed by atoms with Gasteiger partial charge < -0.3 is 19.5 Å². The minimum absolute atomic E-state index is 0.0435. The van der Waals surface area contributed by atoms with Crippen molar-refractivity contribution >= 4 is 11.6 Å². The van der Waals surface area contributed by atoms with Crippen LogP contribution in [0.4, 0.5) is 5.69 Å². The van der Waals surface area contributed by atoms with Gasteiger partial charge >= 0.3 is 0 Å². The molecule has 0 bridgehead atoms. The molecule has 1 aliphatic rings. The molecule has 0 spiro atoms. The summed E-state index contributed by atoms with van der Waals surface area (Å²) in [6, 6.07) is 9.31. The fourth-order valence-corrected chi connectivity index (χ4v) is 2.47. The molecule has 0 atom stereocenters. The summed E-state index contributed by atoms with van der Waals surface area (Å²) in [5, 5.41) is 2.79. The van der Waals surface area contributed by atoms with Crippen LogP contribution in [0.2, 0.25) is 0 Å². The minimum atomic E-state index is -0.220. The van der Waals surface area contributed by atoms with Gasteiger partial charge in [0, 0.05) is 11.8 Å². The number of ether oxygens (including phenoxy) is 3.